The standard InChI is InChI=1S/C16H28N4O/c1-7-20(12(2)11-18(3)4)15-10-13(8-9-14(15)17)16(21)19(5)6/h8-10,12H,7,11,17H2,1-6H3. The Bertz CT molecular complexity index is 485. The maximum Gasteiger partial charge on any atom is 0.253 e. The van der Waals surface area contributed by atoms with Gasteiger partial charge in [-0.15, -0.1) is 0 Å². The molecule has 1 atom stereocenters. The van der Waals surface area contributed by atoms with E-state index in [4.69, 9.17) is 5.73 Å². The molecule has 0 heterocycles. The fourth-order valence-electron chi connectivity index (χ4n) is 2.53. The summed E-state index contributed by atoms with van der Waals surface area (Å²) in [7, 11) is 7.62. The fourth-order valence-corrected chi connectivity index (χ4v) is 2.53. The number of nitrogen functional groups attached to an aromatic ring is 1. The second-order valence-electron chi connectivity index (χ2n) is 5.87. The summed E-state index contributed by atoms with van der Waals surface area (Å²) in [4.78, 5) is 18.1. The highest BCUT2D eigenvalue weighted by Gasteiger charge is 2.18. The van der Waals surface area contributed by atoms with Crippen LogP contribution in [0, 0.1) is 0 Å². The highest BCUT2D eigenvalue weighted by atomic mass is 16.2. The molecular formula is C16H28N4O. The molecule has 1 rings (SSSR count). The summed E-state index contributed by atoms with van der Waals surface area (Å²) in [6, 6.07) is 5.81. The van der Waals surface area contributed by atoms with Gasteiger partial charge in [0.25, 0.3) is 5.91 Å². The van der Waals surface area contributed by atoms with Gasteiger partial charge in [0.2, 0.25) is 0 Å². The number of nitrogens with zero attached hydrogens (tertiary/aromatic N) is 3. The Hall–Kier alpha value is -1.75. The molecule has 5 nitrogen and oxygen atoms in total. The van der Waals surface area contributed by atoms with Crippen LogP contribution in [0.25, 0.3) is 0 Å². The maximum atomic E-state index is 12.1. The smallest absolute Gasteiger partial charge is 0.253 e. The quantitative estimate of drug-likeness (QED) is 0.812. The topological polar surface area (TPSA) is 52.8 Å². The Morgan fingerprint density at radius 2 is 1.86 bits per heavy atom. The van der Waals surface area contributed by atoms with E-state index >= 15 is 0 Å². The van der Waals surface area contributed by atoms with Crippen LogP contribution < -0.4 is 10.6 Å². The summed E-state index contributed by atoms with van der Waals surface area (Å²) >= 11 is 0. The molecule has 1 aromatic rings. The molecule has 0 fully saturated rings. The SMILES string of the molecule is CCN(c1cc(C(=O)N(C)C)ccc1N)C(C)CN(C)C. The minimum atomic E-state index is -0.00688. The average Bonchev–Trinajstić information content (AvgIpc) is 2.39. The zero-order valence-electron chi connectivity index (χ0n) is 14.1. The van der Waals surface area contributed by atoms with Crippen LogP contribution >= 0.6 is 0 Å². The number of likely N-dealkylation sites (N-methyl/N-ethyl adjacent to an activating group) is 2. The molecule has 0 saturated heterocycles. The Balaban J connectivity index is 3.14. The van der Waals surface area contributed by atoms with E-state index in [1.165, 1.54) is 0 Å². The summed E-state index contributed by atoms with van der Waals surface area (Å²) in [5.41, 5.74) is 8.43. The first-order chi connectivity index (χ1) is 9.77. The number of carbonyl (C=O) groups is 1. The molecule has 2 N–H and O–H groups in total. The highest BCUT2D eigenvalue weighted by Crippen LogP contribution is 2.27. The van der Waals surface area contributed by atoms with Crippen LogP contribution in [0.5, 0.6) is 0 Å². The minimum Gasteiger partial charge on any atom is -0.397 e. The maximum absolute atomic E-state index is 12.1. The number of hydrogen-bond donors (Lipinski definition) is 1. The first kappa shape index (κ1) is 17.3. The number of hydrogen-bond acceptors (Lipinski definition) is 4. The van der Waals surface area contributed by atoms with Crippen LogP contribution in [0.2, 0.25) is 0 Å². The van der Waals surface area contributed by atoms with Crippen molar-refractivity contribution in [2.45, 2.75) is 19.9 Å². The molecule has 118 valence electrons. The molecule has 0 aromatic heterocycles. The normalized spacial score (nSPS) is 12.3. The van der Waals surface area contributed by atoms with Crippen molar-refractivity contribution in [3.8, 4) is 0 Å². The van der Waals surface area contributed by atoms with Crippen LogP contribution in [0.15, 0.2) is 18.2 Å². The van der Waals surface area contributed by atoms with Gasteiger partial charge in [-0.05, 0) is 46.1 Å². The number of rotatable bonds is 6. The van der Waals surface area contributed by atoms with Crippen LogP contribution in [-0.4, -0.2) is 63.0 Å². The van der Waals surface area contributed by atoms with Crippen molar-refractivity contribution in [1.82, 2.24) is 9.80 Å². The third kappa shape index (κ3) is 4.36. The lowest BCUT2D eigenvalue weighted by Gasteiger charge is -2.33. The van der Waals surface area contributed by atoms with Crippen LogP contribution in [-0.2, 0) is 0 Å². The molecule has 5 heteroatoms. The number of anilines is 2. The number of carbonyl (C=O) groups excluding carboxylic acids is 1. The Morgan fingerprint density at radius 1 is 1.24 bits per heavy atom. The van der Waals surface area contributed by atoms with Gasteiger partial charge in [-0.1, -0.05) is 0 Å². The van der Waals surface area contributed by atoms with Crippen LogP contribution in [0.3, 0.4) is 0 Å². The van der Waals surface area contributed by atoms with Crippen molar-refractivity contribution in [3.63, 3.8) is 0 Å². The van der Waals surface area contributed by atoms with Crippen molar-refractivity contribution in [2.24, 2.45) is 0 Å². The molecule has 0 aliphatic rings. The summed E-state index contributed by atoms with van der Waals surface area (Å²) in [6.45, 7) is 6.05. The van der Waals surface area contributed by atoms with Gasteiger partial charge in [0.1, 0.15) is 0 Å². The summed E-state index contributed by atoms with van der Waals surface area (Å²) < 4.78 is 0. The minimum absolute atomic E-state index is 0.00688. The molecule has 1 amide bonds. The second kappa shape index (κ2) is 7.31. The number of benzene rings is 1. The Morgan fingerprint density at radius 3 is 2.33 bits per heavy atom. The molecule has 0 radical (unpaired) electrons. The number of amides is 1. The predicted octanol–water partition coefficient (Wildman–Crippen LogP) is 1.75. The average molecular weight is 292 g/mol. The molecule has 0 aliphatic heterocycles. The number of nitrogens with two attached hydrogens (primary N) is 1. The fraction of sp³-hybridized carbons (Fsp3) is 0.562. The zero-order chi connectivity index (χ0) is 16.2. The Labute approximate surface area is 128 Å². The van der Waals surface area contributed by atoms with E-state index in [2.05, 4.69) is 37.7 Å². The van der Waals surface area contributed by atoms with Gasteiger partial charge in [-0.2, -0.15) is 0 Å². The lowest BCUT2D eigenvalue weighted by atomic mass is 10.1. The lowest BCUT2D eigenvalue weighted by Crippen LogP contribution is -2.40. The van der Waals surface area contributed by atoms with Crippen molar-refractivity contribution in [1.29, 1.82) is 0 Å². The van der Waals surface area contributed by atoms with Gasteiger partial charge in [-0.3, -0.25) is 4.79 Å². The van der Waals surface area contributed by atoms with E-state index in [1.807, 2.05) is 12.1 Å². The summed E-state index contributed by atoms with van der Waals surface area (Å²) in [6.07, 6.45) is 0. The van der Waals surface area contributed by atoms with Gasteiger partial charge in [0.05, 0.1) is 11.4 Å². The molecule has 0 aliphatic carbocycles. The first-order valence-corrected chi connectivity index (χ1v) is 7.30. The van der Waals surface area contributed by atoms with Crippen molar-refractivity contribution < 1.29 is 4.79 Å². The molecule has 0 bridgehead atoms. The van der Waals surface area contributed by atoms with Crippen LogP contribution in [0.1, 0.15) is 24.2 Å². The zero-order valence-corrected chi connectivity index (χ0v) is 14.1. The van der Waals surface area contributed by atoms with Crippen molar-refractivity contribution in [2.75, 3.05) is 51.9 Å². The third-order valence-corrected chi connectivity index (χ3v) is 3.50. The Kier molecular flexibility index (Phi) is 6.03. The van der Waals surface area contributed by atoms with Crippen molar-refractivity contribution in [3.05, 3.63) is 23.8 Å². The first-order valence-electron chi connectivity index (χ1n) is 7.30. The van der Waals surface area contributed by atoms with E-state index in [0.29, 0.717) is 17.3 Å². The van der Waals surface area contributed by atoms with Gasteiger partial charge in [-0.25, -0.2) is 0 Å². The molecular weight excluding hydrogens is 264 g/mol. The molecule has 1 aromatic carbocycles. The second-order valence-corrected chi connectivity index (χ2v) is 5.87. The lowest BCUT2D eigenvalue weighted by molar-refractivity contribution is 0.0827. The predicted molar refractivity (Wildman–Crippen MR) is 89.9 cm³/mol. The van der Waals surface area contributed by atoms with Gasteiger partial charge < -0.3 is 20.4 Å². The third-order valence-electron chi connectivity index (χ3n) is 3.50. The molecule has 0 spiro atoms. The summed E-state index contributed by atoms with van der Waals surface area (Å²) in [5.74, 6) is -0.00688. The summed E-state index contributed by atoms with van der Waals surface area (Å²) in [5, 5.41) is 0. The van der Waals surface area contributed by atoms with E-state index in [-0.39, 0.29) is 5.91 Å². The molecule has 0 saturated carbocycles. The van der Waals surface area contributed by atoms with Gasteiger partial charge >= 0.3 is 0 Å². The van der Waals surface area contributed by atoms with Crippen LogP contribution in [0.4, 0.5) is 11.4 Å². The largest absolute Gasteiger partial charge is 0.397 e. The van der Waals surface area contributed by atoms with Gasteiger partial charge in [0.15, 0.2) is 0 Å². The van der Waals surface area contributed by atoms with E-state index < -0.39 is 0 Å². The highest BCUT2D eigenvalue weighted by molar-refractivity contribution is 5.96. The molecule has 1 unspecified atom stereocenters. The van der Waals surface area contributed by atoms with Crippen molar-refractivity contribution >= 4 is 17.3 Å². The monoisotopic (exact) mass is 292 g/mol. The van der Waals surface area contributed by atoms with E-state index in [9.17, 15) is 4.79 Å². The molecule has 21 heavy (non-hydrogen) atoms. The van der Waals surface area contributed by atoms with Gasteiger partial charge in [0, 0.05) is 38.8 Å². The van der Waals surface area contributed by atoms with E-state index in [1.54, 1.807) is 25.1 Å². The van der Waals surface area contributed by atoms with E-state index in [0.717, 1.165) is 18.8 Å².